The van der Waals surface area contributed by atoms with E-state index in [2.05, 4.69) is 10.3 Å². The molecule has 0 saturated heterocycles. The topological polar surface area (TPSA) is 76.1 Å². The Morgan fingerprint density at radius 1 is 1.89 bits per heavy atom. The summed E-state index contributed by atoms with van der Waals surface area (Å²) in [6.45, 7) is 0. The molecule has 0 spiro atoms. The number of nitrogens with one attached hydrogen (secondary N) is 1. The van der Waals surface area contributed by atoms with Gasteiger partial charge in [0.2, 0.25) is 5.95 Å². The standard InChI is InChI=1S/C4H8N4O/c1-6-3-2-7-4(5)8(3)9/h2,6,9H,1H3,(H2,5,7). The molecule has 0 unspecified atom stereocenters. The Balaban J connectivity index is 3.04. The lowest BCUT2D eigenvalue weighted by Gasteiger charge is -1.97. The Bertz CT molecular complexity index is 206. The second kappa shape index (κ2) is 1.85. The number of hydrogen-bond acceptors (Lipinski definition) is 4. The van der Waals surface area contributed by atoms with Crippen molar-refractivity contribution in [2.75, 3.05) is 18.1 Å². The van der Waals surface area contributed by atoms with Gasteiger partial charge in [-0.25, -0.2) is 4.98 Å². The van der Waals surface area contributed by atoms with E-state index in [1.54, 1.807) is 7.05 Å². The zero-order chi connectivity index (χ0) is 6.85. The van der Waals surface area contributed by atoms with Gasteiger partial charge in [0, 0.05) is 7.05 Å². The Labute approximate surface area is 52.1 Å². The number of aromatic nitrogens is 2. The zero-order valence-corrected chi connectivity index (χ0v) is 5.00. The highest BCUT2D eigenvalue weighted by molar-refractivity contribution is 5.38. The van der Waals surface area contributed by atoms with Gasteiger partial charge in [0.25, 0.3) is 0 Å². The van der Waals surface area contributed by atoms with Gasteiger partial charge >= 0.3 is 0 Å². The highest BCUT2D eigenvalue weighted by Crippen LogP contribution is 2.07. The van der Waals surface area contributed by atoms with Gasteiger partial charge in [-0.2, -0.15) is 0 Å². The molecule has 5 nitrogen and oxygen atoms in total. The van der Waals surface area contributed by atoms with E-state index >= 15 is 0 Å². The molecule has 1 heterocycles. The first kappa shape index (κ1) is 5.74. The van der Waals surface area contributed by atoms with E-state index in [9.17, 15) is 0 Å². The summed E-state index contributed by atoms with van der Waals surface area (Å²) < 4.78 is 0.778. The van der Waals surface area contributed by atoms with Crippen molar-refractivity contribution in [1.29, 1.82) is 0 Å². The summed E-state index contributed by atoms with van der Waals surface area (Å²) >= 11 is 0. The van der Waals surface area contributed by atoms with Crippen molar-refractivity contribution in [1.82, 2.24) is 9.71 Å². The summed E-state index contributed by atoms with van der Waals surface area (Å²) in [6.07, 6.45) is 1.44. The maximum absolute atomic E-state index is 8.90. The van der Waals surface area contributed by atoms with Crippen LogP contribution in [-0.4, -0.2) is 22.0 Å². The van der Waals surface area contributed by atoms with Crippen LogP contribution in [0.15, 0.2) is 6.20 Å². The van der Waals surface area contributed by atoms with Gasteiger partial charge in [-0.15, -0.1) is 4.73 Å². The molecule has 1 aromatic heterocycles. The third-order valence-electron chi connectivity index (χ3n) is 1.02. The number of nitrogen functional groups attached to an aromatic ring is 1. The van der Waals surface area contributed by atoms with Gasteiger partial charge in [-0.1, -0.05) is 0 Å². The Morgan fingerprint density at radius 3 is 2.78 bits per heavy atom. The van der Waals surface area contributed by atoms with Crippen molar-refractivity contribution in [3.8, 4) is 0 Å². The number of nitrogens with zero attached hydrogens (tertiary/aromatic N) is 2. The third-order valence-corrected chi connectivity index (χ3v) is 1.02. The molecule has 0 aliphatic heterocycles. The summed E-state index contributed by atoms with van der Waals surface area (Å²) in [5, 5.41) is 11.6. The average Bonchev–Trinajstić information content (AvgIpc) is 2.15. The number of rotatable bonds is 1. The number of nitrogens with two attached hydrogens (primary N) is 1. The predicted molar refractivity (Wildman–Crippen MR) is 33.4 cm³/mol. The molecule has 0 amide bonds. The molecule has 1 aromatic rings. The first-order chi connectivity index (χ1) is 4.25. The summed E-state index contributed by atoms with van der Waals surface area (Å²) in [4.78, 5) is 3.62. The van der Waals surface area contributed by atoms with Gasteiger partial charge in [0.05, 0.1) is 6.20 Å². The molecule has 0 bridgehead atoms. The van der Waals surface area contributed by atoms with E-state index < -0.39 is 0 Å². The minimum Gasteiger partial charge on any atom is -0.424 e. The Kier molecular flexibility index (Phi) is 1.18. The molecule has 0 aliphatic carbocycles. The molecule has 0 aliphatic rings. The number of hydrogen-bond donors (Lipinski definition) is 3. The quantitative estimate of drug-likeness (QED) is 0.455. The van der Waals surface area contributed by atoms with Crippen LogP contribution in [0.25, 0.3) is 0 Å². The fourth-order valence-corrected chi connectivity index (χ4v) is 0.531. The second-order valence-corrected chi connectivity index (χ2v) is 1.56. The summed E-state index contributed by atoms with van der Waals surface area (Å²) in [6, 6.07) is 0. The summed E-state index contributed by atoms with van der Waals surface area (Å²) in [7, 11) is 1.67. The Morgan fingerprint density at radius 2 is 2.56 bits per heavy atom. The maximum Gasteiger partial charge on any atom is 0.236 e. The molecular weight excluding hydrogens is 120 g/mol. The van der Waals surface area contributed by atoms with Gasteiger partial charge in [0.15, 0.2) is 5.82 Å². The van der Waals surface area contributed by atoms with Crippen LogP contribution in [0, 0.1) is 0 Å². The molecule has 0 atom stereocenters. The van der Waals surface area contributed by atoms with E-state index in [1.807, 2.05) is 0 Å². The lowest BCUT2D eigenvalue weighted by atomic mass is 10.8. The van der Waals surface area contributed by atoms with Crippen LogP contribution in [0.3, 0.4) is 0 Å². The normalized spacial score (nSPS) is 9.44. The zero-order valence-electron chi connectivity index (χ0n) is 5.00. The smallest absolute Gasteiger partial charge is 0.236 e. The van der Waals surface area contributed by atoms with E-state index in [1.165, 1.54) is 6.20 Å². The van der Waals surface area contributed by atoms with E-state index in [0.29, 0.717) is 5.82 Å². The number of anilines is 2. The van der Waals surface area contributed by atoms with Crippen LogP contribution in [0.4, 0.5) is 11.8 Å². The second-order valence-electron chi connectivity index (χ2n) is 1.56. The molecule has 5 heteroatoms. The van der Waals surface area contributed by atoms with Crippen molar-refractivity contribution in [3.05, 3.63) is 6.20 Å². The summed E-state index contributed by atoms with van der Waals surface area (Å²) in [5.41, 5.74) is 5.18. The van der Waals surface area contributed by atoms with Gasteiger partial charge in [-0.3, -0.25) is 0 Å². The number of imidazole rings is 1. The van der Waals surface area contributed by atoms with Crippen LogP contribution in [0.2, 0.25) is 0 Å². The van der Waals surface area contributed by atoms with Crippen LogP contribution in [-0.2, 0) is 0 Å². The van der Waals surface area contributed by atoms with Crippen molar-refractivity contribution < 1.29 is 5.21 Å². The maximum atomic E-state index is 8.90. The van der Waals surface area contributed by atoms with Crippen LogP contribution in [0.1, 0.15) is 0 Å². The first-order valence-electron chi connectivity index (χ1n) is 2.46. The van der Waals surface area contributed by atoms with Gasteiger partial charge < -0.3 is 16.3 Å². The molecule has 0 saturated carbocycles. The molecule has 0 fully saturated rings. The fourth-order valence-electron chi connectivity index (χ4n) is 0.531. The minimum atomic E-state index is 0.0827. The van der Waals surface area contributed by atoms with E-state index in [-0.39, 0.29) is 5.95 Å². The van der Waals surface area contributed by atoms with E-state index in [4.69, 9.17) is 10.9 Å². The van der Waals surface area contributed by atoms with Crippen LogP contribution < -0.4 is 11.1 Å². The van der Waals surface area contributed by atoms with Gasteiger partial charge in [-0.05, 0) is 0 Å². The van der Waals surface area contributed by atoms with Gasteiger partial charge in [0.1, 0.15) is 0 Å². The molecule has 50 valence electrons. The fraction of sp³-hybridized carbons (Fsp3) is 0.250. The third kappa shape index (κ3) is 0.758. The largest absolute Gasteiger partial charge is 0.424 e. The molecule has 0 radical (unpaired) electrons. The molecule has 4 N–H and O–H groups in total. The first-order valence-corrected chi connectivity index (χ1v) is 2.46. The predicted octanol–water partition coefficient (Wildman–Crippen LogP) is -0.256. The minimum absolute atomic E-state index is 0.0827. The lowest BCUT2D eigenvalue weighted by Crippen LogP contribution is -2.02. The van der Waals surface area contributed by atoms with Crippen molar-refractivity contribution >= 4 is 11.8 Å². The summed E-state index contributed by atoms with van der Waals surface area (Å²) in [5.74, 6) is 0.562. The average molecular weight is 128 g/mol. The monoisotopic (exact) mass is 128 g/mol. The lowest BCUT2D eigenvalue weighted by molar-refractivity contribution is 0.198. The SMILES string of the molecule is CNc1cnc(N)n1O. The Hall–Kier alpha value is -1.39. The highest BCUT2D eigenvalue weighted by Gasteiger charge is 2.00. The van der Waals surface area contributed by atoms with Crippen molar-refractivity contribution in [3.63, 3.8) is 0 Å². The van der Waals surface area contributed by atoms with Crippen LogP contribution in [0.5, 0.6) is 0 Å². The molecular formula is C4H8N4O. The van der Waals surface area contributed by atoms with Crippen LogP contribution >= 0.6 is 0 Å². The molecule has 0 aromatic carbocycles. The van der Waals surface area contributed by atoms with Crippen molar-refractivity contribution in [2.45, 2.75) is 0 Å². The molecule has 9 heavy (non-hydrogen) atoms. The highest BCUT2D eigenvalue weighted by atomic mass is 16.5. The van der Waals surface area contributed by atoms with E-state index in [0.717, 1.165) is 4.73 Å². The molecule has 1 rings (SSSR count). The van der Waals surface area contributed by atoms with Crippen molar-refractivity contribution in [2.24, 2.45) is 0 Å².